The van der Waals surface area contributed by atoms with Crippen molar-refractivity contribution in [3.8, 4) is 0 Å². The van der Waals surface area contributed by atoms with Crippen molar-refractivity contribution >= 4 is 35.2 Å². The fourth-order valence-electron chi connectivity index (χ4n) is 0.850. The van der Waals surface area contributed by atoms with Crippen molar-refractivity contribution in [1.29, 1.82) is 0 Å². The summed E-state index contributed by atoms with van der Waals surface area (Å²) < 4.78 is 13.3. The third-order valence-electron chi connectivity index (χ3n) is 1.47. The van der Waals surface area contributed by atoms with Crippen LogP contribution in [0.1, 0.15) is 5.56 Å². The molecule has 0 saturated carbocycles. The zero-order chi connectivity index (χ0) is 10.7. The zero-order valence-corrected chi connectivity index (χ0v) is 8.31. The molecule has 0 spiro atoms. The lowest BCUT2D eigenvalue weighted by atomic mass is 10.2. The summed E-state index contributed by atoms with van der Waals surface area (Å²) in [6.45, 7) is 0. The third kappa shape index (κ3) is 2.47. The standard InChI is InChI=1S/C9H5Cl2FO2/c10-6-2-3-7(11)9(12)5(6)1-4-8(13)14/h1-4H,(H,13,14). The van der Waals surface area contributed by atoms with Gasteiger partial charge in [-0.1, -0.05) is 23.2 Å². The van der Waals surface area contributed by atoms with Crippen molar-refractivity contribution in [2.45, 2.75) is 0 Å². The maximum atomic E-state index is 13.3. The third-order valence-corrected chi connectivity index (χ3v) is 2.09. The average Bonchev–Trinajstić information content (AvgIpc) is 2.11. The molecule has 2 nitrogen and oxygen atoms in total. The SMILES string of the molecule is O=C(O)C=Cc1c(Cl)ccc(Cl)c1F. The Morgan fingerprint density at radius 1 is 1.36 bits per heavy atom. The van der Waals surface area contributed by atoms with Crippen LogP contribution in [-0.4, -0.2) is 11.1 Å². The van der Waals surface area contributed by atoms with Crippen LogP contribution < -0.4 is 0 Å². The minimum absolute atomic E-state index is 0.0263. The van der Waals surface area contributed by atoms with Crippen molar-refractivity contribution in [1.82, 2.24) is 0 Å². The summed E-state index contributed by atoms with van der Waals surface area (Å²) in [5.41, 5.74) is -0.0263. The zero-order valence-electron chi connectivity index (χ0n) is 6.80. The number of halogens is 3. The van der Waals surface area contributed by atoms with Gasteiger partial charge in [-0.3, -0.25) is 0 Å². The molecule has 1 N–H and O–H groups in total. The van der Waals surface area contributed by atoms with Gasteiger partial charge in [-0.25, -0.2) is 9.18 Å². The normalized spacial score (nSPS) is 10.8. The Morgan fingerprint density at radius 3 is 2.50 bits per heavy atom. The average molecular weight is 235 g/mol. The number of carboxylic acid groups (broad SMARTS) is 1. The molecule has 0 bridgehead atoms. The van der Waals surface area contributed by atoms with Gasteiger partial charge in [0.15, 0.2) is 0 Å². The number of aliphatic carboxylic acids is 1. The molecule has 0 saturated heterocycles. The second kappa shape index (κ2) is 4.44. The van der Waals surface area contributed by atoms with Crippen LogP contribution in [0.2, 0.25) is 10.0 Å². The number of hydrogen-bond acceptors (Lipinski definition) is 1. The minimum Gasteiger partial charge on any atom is -0.478 e. The second-order valence-electron chi connectivity index (χ2n) is 2.43. The second-order valence-corrected chi connectivity index (χ2v) is 3.24. The topological polar surface area (TPSA) is 37.3 Å². The number of carboxylic acids is 1. The molecule has 5 heteroatoms. The van der Waals surface area contributed by atoms with E-state index in [1.165, 1.54) is 12.1 Å². The Balaban J connectivity index is 3.19. The van der Waals surface area contributed by atoms with Gasteiger partial charge in [-0.15, -0.1) is 0 Å². The molecule has 14 heavy (non-hydrogen) atoms. The minimum atomic E-state index is -1.18. The summed E-state index contributed by atoms with van der Waals surface area (Å²) in [5, 5.41) is 8.36. The molecule has 0 radical (unpaired) electrons. The van der Waals surface area contributed by atoms with E-state index in [-0.39, 0.29) is 15.6 Å². The maximum Gasteiger partial charge on any atom is 0.328 e. The molecule has 1 aromatic rings. The number of hydrogen-bond donors (Lipinski definition) is 1. The molecule has 74 valence electrons. The van der Waals surface area contributed by atoms with Crippen molar-refractivity contribution in [2.24, 2.45) is 0 Å². The highest BCUT2D eigenvalue weighted by molar-refractivity contribution is 6.34. The van der Waals surface area contributed by atoms with Crippen LogP contribution in [0, 0.1) is 5.82 Å². The van der Waals surface area contributed by atoms with Crippen LogP contribution in [0.5, 0.6) is 0 Å². The van der Waals surface area contributed by atoms with E-state index in [0.29, 0.717) is 0 Å². The molecule has 0 atom stereocenters. The highest BCUT2D eigenvalue weighted by atomic mass is 35.5. The van der Waals surface area contributed by atoms with E-state index >= 15 is 0 Å². The molecule has 0 unspecified atom stereocenters. The lowest BCUT2D eigenvalue weighted by molar-refractivity contribution is -0.131. The monoisotopic (exact) mass is 234 g/mol. The number of carbonyl (C=O) groups is 1. The van der Waals surface area contributed by atoms with Gasteiger partial charge in [0.25, 0.3) is 0 Å². The first-order valence-corrected chi connectivity index (χ1v) is 4.32. The quantitative estimate of drug-likeness (QED) is 0.631. The van der Waals surface area contributed by atoms with E-state index in [1.807, 2.05) is 0 Å². The molecule has 0 aliphatic rings. The Hall–Kier alpha value is -1.06. The lowest BCUT2D eigenvalue weighted by Crippen LogP contribution is -1.89. The van der Waals surface area contributed by atoms with Crippen LogP contribution in [0.4, 0.5) is 4.39 Å². The maximum absolute atomic E-state index is 13.3. The summed E-state index contributed by atoms with van der Waals surface area (Å²) in [6.07, 6.45) is 1.85. The van der Waals surface area contributed by atoms with E-state index in [4.69, 9.17) is 28.3 Å². The smallest absolute Gasteiger partial charge is 0.328 e. The van der Waals surface area contributed by atoms with E-state index in [2.05, 4.69) is 0 Å². The number of rotatable bonds is 2. The van der Waals surface area contributed by atoms with Crippen LogP contribution in [0.15, 0.2) is 18.2 Å². The first-order valence-electron chi connectivity index (χ1n) is 3.57. The van der Waals surface area contributed by atoms with Gasteiger partial charge in [0.2, 0.25) is 0 Å². The summed E-state index contributed by atoms with van der Waals surface area (Å²) in [5.74, 6) is -1.91. The van der Waals surface area contributed by atoms with Crippen molar-refractivity contribution in [2.75, 3.05) is 0 Å². The largest absolute Gasteiger partial charge is 0.478 e. The van der Waals surface area contributed by atoms with Crippen LogP contribution in [0.25, 0.3) is 6.08 Å². The van der Waals surface area contributed by atoms with Crippen LogP contribution in [0.3, 0.4) is 0 Å². The molecule has 0 aliphatic carbocycles. The predicted molar refractivity (Wildman–Crippen MR) is 53.1 cm³/mol. The van der Waals surface area contributed by atoms with E-state index in [1.54, 1.807) is 0 Å². The van der Waals surface area contributed by atoms with Gasteiger partial charge in [0.05, 0.1) is 10.0 Å². The highest BCUT2D eigenvalue weighted by Gasteiger charge is 2.08. The van der Waals surface area contributed by atoms with Crippen LogP contribution in [-0.2, 0) is 4.79 Å². The molecule has 0 fully saturated rings. The van der Waals surface area contributed by atoms with Crippen LogP contribution >= 0.6 is 23.2 Å². The first-order chi connectivity index (χ1) is 6.52. The van der Waals surface area contributed by atoms with Gasteiger partial charge in [-0.2, -0.15) is 0 Å². The van der Waals surface area contributed by atoms with Gasteiger partial charge < -0.3 is 5.11 Å². The summed E-state index contributed by atoms with van der Waals surface area (Å²) >= 11 is 11.1. The molecule has 0 aromatic heterocycles. The molecule has 1 rings (SSSR count). The fraction of sp³-hybridized carbons (Fsp3) is 0. The molecule has 1 aromatic carbocycles. The Labute approximate surface area is 89.6 Å². The number of benzene rings is 1. The van der Waals surface area contributed by atoms with Crippen molar-refractivity contribution in [3.63, 3.8) is 0 Å². The van der Waals surface area contributed by atoms with E-state index in [0.717, 1.165) is 12.2 Å². The van der Waals surface area contributed by atoms with E-state index < -0.39 is 11.8 Å². The summed E-state index contributed by atoms with van der Waals surface area (Å²) in [6, 6.07) is 2.70. The summed E-state index contributed by atoms with van der Waals surface area (Å²) in [4.78, 5) is 10.2. The first kappa shape index (κ1) is 11.0. The van der Waals surface area contributed by atoms with Gasteiger partial charge in [0.1, 0.15) is 5.82 Å². The van der Waals surface area contributed by atoms with Gasteiger partial charge in [-0.05, 0) is 18.2 Å². The van der Waals surface area contributed by atoms with Gasteiger partial charge >= 0.3 is 5.97 Å². The molecule has 0 heterocycles. The van der Waals surface area contributed by atoms with Gasteiger partial charge in [0, 0.05) is 11.6 Å². The molecular weight excluding hydrogens is 230 g/mol. The Kier molecular flexibility index (Phi) is 3.49. The summed E-state index contributed by atoms with van der Waals surface area (Å²) in [7, 11) is 0. The molecule has 0 amide bonds. The molecular formula is C9H5Cl2FO2. The van der Waals surface area contributed by atoms with Crippen molar-refractivity contribution < 1.29 is 14.3 Å². The Morgan fingerprint density at radius 2 is 1.93 bits per heavy atom. The van der Waals surface area contributed by atoms with E-state index in [9.17, 15) is 9.18 Å². The molecule has 0 aliphatic heterocycles. The predicted octanol–water partition coefficient (Wildman–Crippen LogP) is 3.23. The highest BCUT2D eigenvalue weighted by Crippen LogP contribution is 2.26. The fourth-order valence-corrected chi connectivity index (χ4v) is 1.22. The lowest BCUT2D eigenvalue weighted by Gasteiger charge is -2.01. The Bertz CT molecular complexity index is 402. The van der Waals surface area contributed by atoms with Crippen molar-refractivity contribution in [3.05, 3.63) is 39.6 Å².